The van der Waals surface area contributed by atoms with Crippen LogP contribution in [0.1, 0.15) is 20.8 Å². The van der Waals surface area contributed by atoms with Crippen LogP contribution in [0.2, 0.25) is 5.02 Å². The van der Waals surface area contributed by atoms with Crippen molar-refractivity contribution >= 4 is 41.3 Å². The van der Waals surface area contributed by atoms with Crippen molar-refractivity contribution in [2.75, 3.05) is 0 Å². The van der Waals surface area contributed by atoms with E-state index >= 15 is 0 Å². The van der Waals surface area contributed by atoms with Crippen LogP contribution in [-0.4, -0.2) is 33.4 Å². The van der Waals surface area contributed by atoms with Crippen molar-refractivity contribution < 1.29 is 24.0 Å². The van der Waals surface area contributed by atoms with E-state index in [-0.39, 0.29) is 21.5 Å². The number of hydrogen-bond donors (Lipinski definition) is 2. The minimum atomic E-state index is -1.96. The zero-order chi connectivity index (χ0) is 15.9. The Morgan fingerprint density at radius 2 is 1.95 bits per heavy atom. The highest BCUT2D eigenvalue weighted by Gasteiger charge is 2.28. The van der Waals surface area contributed by atoms with Crippen molar-refractivity contribution in [3.63, 3.8) is 0 Å². The summed E-state index contributed by atoms with van der Waals surface area (Å²) in [4.78, 5) is 12.2. The van der Waals surface area contributed by atoms with Gasteiger partial charge in [0.05, 0.1) is 11.1 Å². The van der Waals surface area contributed by atoms with Crippen LogP contribution in [0.5, 0.6) is 0 Å². The quantitative estimate of drug-likeness (QED) is 0.789. The van der Waals surface area contributed by atoms with Gasteiger partial charge in [0.25, 0.3) is 0 Å². The van der Waals surface area contributed by atoms with Crippen LogP contribution >= 0.6 is 11.6 Å². The van der Waals surface area contributed by atoms with Gasteiger partial charge in [-0.15, -0.1) is 0 Å². The van der Waals surface area contributed by atoms with Crippen LogP contribution in [-0.2, 0) is 4.74 Å². The second-order valence-electron chi connectivity index (χ2n) is 5.58. The lowest BCUT2D eigenvalue weighted by molar-refractivity contribution is 0.0547. The average Bonchev–Trinajstić information content (AvgIpc) is 2.65. The predicted molar refractivity (Wildman–Crippen MR) is 78.4 cm³/mol. The predicted octanol–water partition coefficient (Wildman–Crippen LogP) is 1.90. The first-order chi connectivity index (χ1) is 9.60. The fourth-order valence-electron chi connectivity index (χ4n) is 1.98. The lowest BCUT2D eigenvalue weighted by Gasteiger charge is -2.21. The molecule has 1 heterocycles. The van der Waals surface area contributed by atoms with Gasteiger partial charge in [-0.05, 0) is 39.0 Å². The van der Waals surface area contributed by atoms with Gasteiger partial charge in [0, 0.05) is 10.4 Å². The van der Waals surface area contributed by atoms with Crippen molar-refractivity contribution in [1.82, 2.24) is 4.57 Å². The molecule has 1 aromatic carbocycles. The summed E-state index contributed by atoms with van der Waals surface area (Å²) in [6.07, 6.45) is -0.901. The minimum Gasteiger partial charge on any atom is -0.443 e. The van der Waals surface area contributed by atoms with Crippen molar-refractivity contribution in [3.8, 4) is 0 Å². The maximum Gasteiger partial charge on any atom is 0.506 e. The Kier molecular flexibility index (Phi) is 4.01. The molecule has 0 atom stereocenters. The largest absolute Gasteiger partial charge is 0.506 e. The Morgan fingerprint density at radius 3 is 2.48 bits per heavy atom. The topological polar surface area (TPSA) is 71.7 Å². The monoisotopic (exact) mass is 313 g/mol. The molecule has 0 aliphatic carbocycles. The zero-order valence-electron chi connectivity index (χ0n) is 11.7. The molecule has 2 rings (SSSR count). The summed E-state index contributed by atoms with van der Waals surface area (Å²) in [7, 11) is -1.96. The molecule has 112 valence electrons. The summed E-state index contributed by atoms with van der Waals surface area (Å²) >= 11 is 5.76. The van der Waals surface area contributed by atoms with Gasteiger partial charge in [-0.25, -0.2) is 13.8 Å². The molecule has 0 unspecified atom stereocenters. The first-order valence-electron chi connectivity index (χ1n) is 6.20. The van der Waals surface area contributed by atoms with Crippen molar-refractivity contribution in [1.29, 1.82) is 0 Å². The number of nitrogens with zero attached hydrogens (tertiary/aromatic N) is 1. The Morgan fingerprint density at radius 1 is 1.33 bits per heavy atom. The number of hydrogen-bond acceptors (Lipinski definition) is 4. The third-order valence-electron chi connectivity index (χ3n) is 2.68. The Hall–Kier alpha value is -1.57. The fraction of sp³-hybridized carbons (Fsp3) is 0.308. The molecular formula is C13H14BClFNO4. The maximum atomic E-state index is 14.1. The molecule has 0 saturated carbocycles. The molecular weight excluding hydrogens is 299 g/mol. The number of rotatable bonds is 1. The molecule has 0 amide bonds. The number of fused-ring (bicyclic) bond motifs is 1. The molecule has 0 bridgehead atoms. The van der Waals surface area contributed by atoms with Crippen molar-refractivity contribution in [2.24, 2.45) is 0 Å². The molecule has 0 saturated heterocycles. The standard InChI is InChI=1S/C13H14BClFNO4/c1-13(2,3)21-12(18)17-10(14(19)20)5-7-4-8(15)6-9(16)11(7)17/h4-6,19-20H,1-3H3. The second kappa shape index (κ2) is 5.33. The maximum absolute atomic E-state index is 14.1. The number of halogens is 2. The van der Waals surface area contributed by atoms with Crippen LogP contribution in [0.25, 0.3) is 10.9 Å². The van der Waals surface area contributed by atoms with Crippen LogP contribution in [0.4, 0.5) is 9.18 Å². The van der Waals surface area contributed by atoms with Crippen molar-refractivity contribution in [3.05, 3.63) is 29.0 Å². The van der Waals surface area contributed by atoms with Crippen LogP contribution in [0.15, 0.2) is 18.2 Å². The molecule has 0 fully saturated rings. The first-order valence-corrected chi connectivity index (χ1v) is 6.58. The second-order valence-corrected chi connectivity index (χ2v) is 6.02. The van der Waals surface area contributed by atoms with E-state index in [9.17, 15) is 19.2 Å². The molecule has 0 radical (unpaired) electrons. The zero-order valence-corrected chi connectivity index (χ0v) is 12.5. The molecule has 21 heavy (non-hydrogen) atoms. The highest BCUT2D eigenvalue weighted by molar-refractivity contribution is 6.59. The smallest absolute Gasteiger partial charge is 0.443 e. The van der Waals surface area contributed by atoms with E-state index in [1.54, 1.807) is 20.8 Å². The van der Waals surface area contributed by atoms with Gasteiger partial charge in [0.15, 0.2) is 0 Å². The molecule has 5 nitrogen and oxygen atoms in total. The molecule has 2 N–H and O–H groups in total. The Labute approximate surface area is 126 Å². The number of aromatic nitrogens is 1. The van der Waals surface area contributed by atoms with Gasteiger partial charge < -0.3 is 14.8 Å². The molecule has 8 heteroatoms. The van der Waals surface area contributed by atoms with Crippen LogP contribution in [0.3, 0.4) is 0 Å². The Balaban J connectivity index is 2.70. The third-order valence-corrected chi connectivity index (χ3v) is 2.90. The SMILES string of the molecule is CC(C)(C)OC(=O)n1c(B(O)O)cc2cc(Cl)cc(F)c21. The van der Waals surface area contributed by atoms with Gasteiger partial charge in [0.2, 0.25) is 0 Å². The molecule has 0 aliphatic heterocycles. The Bertz CT molecular complexity index is 708. The summed E-state index contributed by atoms with van der Waals surface area (Å²) in [5.74, 6) is -0.754. The van der Waals surface area contributed by atoms with Gasteiger partial charge in [0.1, 0.15) is 11.4 Å². The highest BCUT2D eigenvalue weighted by atomic mass is 35.5. The van der Waals surface area contributed by atoms with E-state index < -0.39 is 24.6 Å². The van der Waals surface area contributed by atoms with E-state index in [2.05, 4.69) is 0 Å². The van der Waals surface area contributed by atoms with Crippen LogP contribution < -0.4 is 5.59 Å². The summed E-state index contributed by atoms with van der Waals surface area (Å²) in [6.45, 7) is 4.95. The van der Waals surface area contributed by atoms with E-state index in [1.165, 1.54) is 12.1 Å². The van der Waals surface area contributed by atoms with Crippen LogP contribution in [0, 0.1) is 5.82 Å². The fourth-order valence-corrected chi connectivity index (χ4v) is 2.19. The summed E-state index contributed by atoms with van der Waals surface area (Å²) in [5.41, 5.74) is -1.12. The third kappa shape index (κ3) is 3.20. The molecule has 0 aliphatic rings. The minimum absolute atomic E-state index is 0.114. The van der Waals surface area contributed by atoms with E-state index in [1.807, 2.05) is 0 Å². The lowest BCUT2D eigenvalue weighted by Crippen LogP contribution is -2.41. The van der Waals surface area contributed by atoms with Gasteiger partial charge in [-0.1, -0.05) is 11.6 Å². The first kappa shape index (κ1) is 15.8. The number of benzene rings is 1. The highest BCUT2D eigenvalue weighted by Crippen LogP contribution is 2.24. The lowest BCUT2D eigenvalue weighted by atomic mass is 9.86. The van der Waals surface area contributed by atoms with Gasteiger partial charge in [-0.3, -0.25) is 0 Å². The molecule has 0 spiro atoms. The molecule has 2 aromatic rings. The summed E-state index contributed by atoms with van der Waals surface area (Å²) < 4.78 is 20.1. The van der Waals surface area contributed by atoms with Crippen molar-refractivity contribution in [2.45, 2.75) is 26.4 Å². The summed E-state index contributed by atoms with van der Waals surface area (Å²) in [6, 6.07) is 3.74. The molecule has 1 aromatic heterocycles. The van der Waals surface area contributed by atoms with Gasteiger partial charge >= 0.3 is 13.2 Å². The number of carbonyl (C=O) groups excluding carboxylic acids is 1. The summed E-state index contributed by atoms with van der Waals surface area (Å²) in [5, 5.41) is 19.2. The van der Waals surface area contributed by atoms with E-state index in [4.69, 9.17) is 16.3 Å². The average molecular weight is 314 g/mol. The van der Waals surface area contributed by atoms with Gasteiger partial charge in [-0.2, -0.15) is 0 Å². The number of carbonyl (C=O) groups is 1. The normalized spacial score (nSPS) is 11.8. The van der Waals surface area contributed by atoms with E-state index in [0.717, 1.165) is 10.6 Å². The van der Waals surface area contributed by atoms with E-state index in [0.29, 0.717) is 0 Å². The number of ether oxygens (including phenoxy) is 1.